The van der Waals surface area contributed by atoms with E-state index in [4.69, 9.17) is 5.73 Å². The Hall–Kier alpha value is -2.84. The highest BCUT2D eigenvalue weighted by Gasteiger charge is 2.19. The molecule has 0 aliphatic rings. The summed E-state index contributed by atoms with van der Waals surface area (Å²) < 4.78 is 29.7. The van der Waals surface area contributed by atoms with Gasteiger partial charge in [-0.3, -0.25) is 4.72 Å². The summed E-state index contributed by atoms with van der Waals surface area (Å²) in [6, 6.07) is 16.2. The predicted octanol–water partition coefficient (Wildman–Crippen LogP) is 3.90. The van der Waals surface area contributed by atoms with Crippen LogP contribution in [-0.4, -0.2) is 27.5 Å². The molecule has 3 N–H and O–H groups in total. The summed E-state index contributed by atoms with van der Waals surface area (Å²) in [5.74, 6) is 0. The van der Waals surface area contributed by atoms with Crippen LogP contribution in [0, 0.1) is 0 Å². The van der Waals surface area contributed by atoms with Gasteiger partial charge in [-0.1, -0.05) is 35.6 Å². The van der Waals surface area contributed by atoms with Gasteiger partial charge in [0, 0.05) is 30.6 Å². The number of fused-ring (bicyclic) bond motifs is 2. The second-order valence-electron chi connectivity index (χ2n) is 6.36. The van der Waals surface area contributed by atoms with Crippen LogP contribution in [0.3, 0.4) is 0 Å². The van der Waals surface area contributed by atoms with Crippen molar-refractivity contribution in [3.8, 4) is 0 Å². The van der Waals surface area contributed by atoms with Gasteiger partial charge in [-0.15, -0.1) is 0 Å². The lowest BCUT2D eigenvalue weighted by Gasteiger charge is -2.17. The third-order valence-corrected chi connectivity index (χ3v) is 6.57. The number of nitrogens with one attached hydrogen (secondary N) is 1. The molecular weight excluding hydrogens is 380 g/mol. The van der Waals surface area contributed by atoms with Gasteiger partial charge in [0.1, 0.15) is 0 Å². The number of aromatic nitrogens is 1. The van der Waals surface area contributed by atoms with Crippen molar-refractivity contribution in [2.45, 2.75) is 4.90 Å². The highest BCUT2D eigenvalue weighted by Crippen LogP contribution is 2.32. The monoisotopic (exact) mass is 398 g/mol. The third-order valence-electron chi connectivity index (χ3n) is 4.29. The molecule has 0 atom stereocenters. The van der Waals surface area contributed by atoms with Gasteiger partial charge in [0.15, 0.2) is 5.13 Å². The second kappa shape index (κ2) is 6.40. The van der Waals surface area contributed by atoms with Gasteiger partial charge in [-0.05, 0) is 30.3 Å². The lowest BCUT2D eigenvalue weighted by atomic mass is 10.1. The van der Waals surface area contributed by atoms with Crippen molar-refractivity contribution in [1.82, 2.24) is 4.98 Å². The SMILES string of the molecule is CN(C)c1cccc2c(S(=O)(=O)Nc3ccc4nc(N)sc4c3)cccc12. The van der Waals surface area contributed by atoms with Gasteiger partial charge in [0.2, 0.25) is 0 Å². The Morgan fingerprint density at radius 3 is 2.56 bits per heavy atom. The highest BCUT2D eigenvalue weighted by atomic mass is 32.2. The Labute approximate surface area is 161 Å². The first kappa shape index (κ1) is 17.6. The molecule has 0 aliphatic heterocycles. The summed E-state index contributed by atoms with van der Waals surface area (Å²) in [5, 5.41) is 2.02. The number of hydrogen-bond donors (Lipinski definition) is 2. The zero-order valence-electron chi connectivity index (χ0n) is 14.8. The maximum absolute atomic E-state index is 13.1. The van der Waals surface area contributed by atoms with Gasteiger partial charge < -0.3 is 10.6 Å². The molecule has 1 aromatic heterocycles. The van der Waals surface area contributed by atoms with E-state index in [1.807, 2.05) is 43.3 Å². The van der Waals surface area contributed by atoms with E-state index in [-0.39, 0.29) is 4.90 Å². The normalized spacial score (nSPS) is 11.8. The van der Waals surface area contributed by atoms with Gasteiger partial charge in [0.05, 0.1) is 20.8 Å². The minimum absolute atomic E-state index is 0.243. The van der Waals surface area contributed by atoms with Gasteiger partial charge >= 0.3 is 0 Å². The van der Waals surface area contributed by atoms with Crippen molar-refractivity contribution in [3.63, 3.8) is 0 Å². The number of benzene rings is 3. The van der Waals surface area contributed by atoms with Crippen molar-refractivity contribution < 1.29 is 8.42 Å². The number of nitrogens with two attached hydrogens (primary N) is 1. The van der Waals surface area contributed by atoms with E-state index in [0.717, 1.165) is 21.3 Å². The maximum Gasteiger partial charge on any atom is 0.262 e. The molecule has 0 radical (unpaired) electrons. The van der Waals surface area contributed by atoms with Gasteiger partial charge in [-0.25, -0.2) is 13.4 Å². The number of nitrogen functional groups attached to an aromatic ring is 1. The summed E-state index contributed by atoms with van der Waals surface area (Å²) in [6.45, 7) is 0. The first-order chi connectivity index (χ1) is 12.8. The number of anilines is 3. The molecule has 0 aliphatic carbocycles. The Kier molecular flexibility index (Phi) is 4.16. The average Bonchev–Trinajstić information content (AvgIpc) is 2.99. The molecule has 0 bridgehead atoms. The fourth-order valence-corrected chi connectivity index (χ4v) is 5.15. The van der Waals surface area contributed by atoms with E-state index in [2.05, 4.69) is 9.71 Å². The number of hydrogen-bond acceptors (Lipinski definition) is 6. The number of rotatable bonds is 4. The standard InChI is InChI=1S/C19H18N4O2S2/c1-23(2)16-7-3-6-14-13(16)5-4-8-18(14)27(24,25)22-12-9-10-15-17(11-12)26-19(20)21-15/h3-11,22H,1-2H3,(H2,20,21). The molecule has 4 aromatic rings. The summed E-state index contributed by atoms with van der Waals surface area (Å²) in [6.07, 6.45) is 0. The summed E-state index contributed by atoms with van der Waals surface area (Å²) in [5.41, 5.74) is 7.92. The summed E-state index contributed by atoms with van der Waals surface area (Å²) in [7, 11) is 0.110. The fourth-order valence-electron chi connectivity index (χ4n) is 3.10. The Balaban J connectivity index is 1.80. The van der Waals surface area contributed by atoms with E-state index in [1.165, 1.54) is 11.3 Å². The van der Waals surface area contributed by atoms with E-state index in [9.17, 15) is 8.42 Å². The van der Waals surface area contributed by atoms with Crippen LogP contribution in [0.25, 0.3) is 21.0 Å². The lowest BCUT2D eigenvalue weighted by Crippen LogP contribution is -2.14. The van der Waals surface area contributed by atoms with Crippen LogP contribution in [0.4, 0.5) is 16.5 Å². The van der Waals surface area contributed by atoms with Crippen molar-refractivity contribution in [1.29, 1.82) is 0 Å². The van der Waals surface area contributed by atoms with Crippen LogP contribution in [0.5, 0.6) is 0 Å². The van der Waals surface area contributed by atoms with E-state index >= 15 is 0 Å². The van der Waals surface area contributed by atoms with E-state index < -0.39 is 10.0 Å². The number of thiazole rings is 1. The number of nitrogens with zero attached hydrogens (tertiary/aromatic N) is 2. The molecular formula is C19H18N4O2S2. The molecule has 27 heavy (non-hydrogen) atoms. The molecule has 138 valence electrons. The summed E-state index contributed by atoms with van der Waals surface area (Å²) >= 11 is 1.32. The first-order valence-electron chi connectivity index (χ1n) is 8.23. The Morgan fingerprint density at radius 1 is 1.04 bits per heavy atom. The van der Waals surface area contributed by atoms with Crippen LogP contribution in [0.2, 0.25) is 0 Å². The molecule has 0 amide bonds. The van der Waals surface area contributed by atoms with Crippen LogP contribution in [0.15, 0.2) is 59.5 Å². The minimum atomic E-state index is -3.76. The largest absolute Gasteiger partial charge is 0.377 e. The third kappa shape index (κ3) is 3.17. The quantitative estimate of drug-likeness (QED) is 0.544. The molecule has 1 heterocycles. The smallest absolute Gasteiger partial charge is 0.262 e. The van der Waals surface area contributed by atoms with Gasteiger partial charge in [-0.2, -0.15) is 0 Å². The zero-order valence-corrected chi connectivity index (χ0v) is 16.4. The van der Waals surface area contributed by atoms with Crippen LogP contribution in [0.1, 0.15) is 0 Å². The molecule has 3 aromatic carbocycles. The lowest BCUT2D eigenvalue weighted by molar-refractivity contribution is 0.602. The average molecular weight is 399 g/mol. The topological polar surface area (TPSA) is 88.3 Å². The molecule has 8 heteroatoms. The van der Waals surface area contributed by atoms with Gasteiger partial charge in [0.25, 0.3) is 10.0 Å². The molecule has 0 saturated heterocycles. The Morgan fingerprint density at radius 2 is 1.78 bits per heavy atom. The van der Waals surface area contributed by atoms with Crippen molar-refractivity contribution in [2.24, 2.45) is 0 Å². The molecule has 4 rings (SSSR count). The van der Waals surface area contributed by atoms with Crippen LogP contribution in [-0.2, 0) is 10.0 Å². The first-order valence-corrected chi connectivity index (χ1v) is 10.5. The molecule has 0 fully saturated rings. The highest BCUT2D eigenvalue weighted by molar-refractivity contribution is 7.93. The van der Waals surface area contributed by atoms with E-state index in [0.29, 0.717) is 16.2 Å². The van der Waals surface area contributed by atoms with Crippen molar-refractivity contribution in [2.75, 3.05) is 29.5 Å². The number of sulfonamides is 1. The zero-order chi connectivity index (χ0) is 19.2. The predicted molar refractivity (Wildman–Crippen MR) is 113 cm³/mol. The van der Waals surface area contributed by atoms with Crippen LogP contribution < -0.4 is 15.4 Å². The summed E-state index contributed by atoms with van der Waals surface area (Å²) in [4.78, 5) is 6.40. The van der Waals surface area contributed by atoms with Crippen molar-refractivity contribution in [3.05, 3.63) is 54.6 Å². The second-order valence-corrected chi connectivity index (χ2v) is 9.08. The molecule has 0 saturated carbocycles. The fraction of sp³-hybridized carbons (Fsp3) is 0.105. The molecule has 6 nitrogen and oxygen atoms in total. The maximum atomic E-state index is 13.1. The Bertz CT molecular complexity index is 1260. The molecule has 0 unspecified atom stereocenters. The minimum Gasteiger partial charge on any atom is -0.377 e. The van der Waals surface area contributed by atoms with E-state index in [1.54, 1.807) is 30.3 Å². The molecule has 0 spiro atoms. The van der Waals surface area contributed by atoms with Crippen molar-refractivity contribution >= 4 is 58.9 Å². The van der Waals surface area contributed by atoms with Crippen LogP contribution >= 0.6 is 11.3 Å².